The van der Waals surface area contributed by atoms with Gasteiger partial charge in [0, 0.05) is 41.9 Å². The number of nitrogens with zero attached hydrogens (tertiary/aromatic N) is 2. The van der Waals surface area contributed by atoms with E-state index in [0.29, 0.717) is 60.2 Å². The second-order valence-corrected chi connectivity index (χ2v) is 14.9. The number of ether oxygens (including phenoxy) is 1. The summed E-state index contributed by atoms with van der Waals surface area (Å²) in [5.41, 5.74) is 9.70. The fraction of sp³-hybridized carbons (Fsp3) is 0.436. The molecule has 1 aliphatic rings. The van der Waals surface area contributed by atoms with Crippen LogP contribution in [0, 0.1) is 18.8 Å². The van der Waals surface area contributed by atoms with Gasteiger partial charge in [0.1, 0.15) is 17.3 Å². The predicted octanol–water partition coefficient (Wildman–Crippen LogP) is 5.13. The van der Waals surface area contributed by atoms with Crippen LogP contribution in [0.15, 0.2) is 59.4 Å². The maximum Gasteiger partial charge on any atom is 0.407 e. The van der Waals surface area contributed by atoms with Gasteiger partial charge in [0.2, 0.25) is 11.8 Å². The molecule has 0 bridgehead atoms. The molecule has 0 radical (unpaired) electrons. The number of hydrogen-bond donors (Lipinski definition) is 5. The zero-order chi connectivity index (χ0) is 37.7. The maximum atomic E-state index is 14.4. The minimum absolute atomic E-state index is 0.00679. The van der Waals surface area contributed by atoms with E-state index >= 15 is 0 Å². The van der Waals surface area contributed by atoms with Crippen LogP contribution in [-0.4, -0.2) is 63.2 Å². The minimum Gasteiger partial charge on any atom is -0.444 e. The smallest absolute Gasteiger partial charge is 0.407 e. The van der Waals surface area contributed by atoms with E-state index < -0.39 is 23.6 Å². The summed E-state index contributed by atoms with van der Waals surface area (Å²) >= 11 is 0. The van der Waals surface area contributed by atoms with Gasteiger partial charge in [0.05, 0.1) is 10.9 Å². The van der Waals surface area contributed by atoms with Gasteiger partial charge in [0.15, 0.2) is 0 Å². The number of benzene rings is 2. The summed E-state index contributed by atoms with van der Waals surface area (Å²) in [7, 11) is 0. The standard InChI is InChI=1S/C39H49N7O6/c1-22(2)42-36(49)31-18-17-29(23(3)43-31)26-11-7-24(8-12-26)19-33(34(40)47)46(28-15-16-30-32(20-28)44-45-35(30)48)37(50)27-13-9-25(10-14-27)21-41-38(51)52-39(4,5)6/h7-8,11-12,15-18,20,22,25,27,33H,9-10,13-14,19,21H2,1-6H3,(H2,40,47)(H,41,51)(H,42,49)(H2,44,45,48)/t25?,27?,33-/m0/s1. The molecule has 4 aromatic rings. The maximum absolute atomic E-state index is 14.4. The topological polar surface area (TPSA) is 192 Å². The Morgan fingerprint density at radius 1 is 0.981 bits per heavy atom. The third-order valence-corrected chi connectivity index (χ3v) is 9.28. The fourth-order valence-corrected chi connectivity index (χ4v) is 6.68. The number of aromatic amines is 2. The van der Waals surface area contributed by atoms with E-state index in [4.69, 9.17) is 10.5 Å². The van der Waals surface area contributed by atoms with Crippen molar-refractivity contribution in [1.82, 2.24) is 25.8 Å². The second kappa shape index (κ2) is 15.8. The van der Waals surface area contributed by atoms with Crippen molar-refractivity contribution in [2.24, 2.45) is 17.6 Å². The van der Waals surface area contributed by atoms with Crippen molar-refractivity contribution in [3.05, 3.63) is 81.9 Å². The van der Waals surface area contributed by atoms with Gasteiger partial charge in [-0.3, -0.25) is 34.3 Å². The molecule has 13 heteroatoms. The van der Waals surface area contributed by atoms with Crippen LogP contribution in [0.4, 0.5) is 10.5 Å². The van der Waals surface area contributed by atoms with Crippen molar-refractivity contribution in [3.63, 3.8) is 0 Å². The number of alkyl carbamates (subject to hydrolysis) is 1. The second-order valence-electron chi connectivity index (χ2n) is 14.9. The van der Waals surface area contributed by atoms with E-state index in [1.54, 1.807) is 24.3 Å². The summed E-state index contributed by atoms with van der Waals surface area (Å²) in [5.74, 6) is -1.31. The van der Waals surface area contributed by atoms with Crippen molar-refractivity contribution in [2.45, 2.75) is 91.3 Å². The molecule has 276 valence electrons. The lowest BCUT2D eigenvalue weighted by Gasteiger charge is -2.36. The number of nitrogens with two attached hydrogens (primary N) is 1. The molecule has 1 saturated carbocycles. The fourth-order valence-electron chi connectivity index (χ4n) is 6.68. The zero-order valence-corrected chi connectivity index (χ0v) is 30.7. The number of pyridine rings is 1. The summed E-state index contributed by atoms with van der Waals surface area (Å²) in [5, 5.41) is 11.5. The summed E-state index contributed by atoms with van der Waals surface area (Å²) in [6.45, 7) is 11.5. The first-order valence-corrected chi connectivity index (χ1v) is 17.8. The monoisotopic (exact) mass is 711 g/mol. The average Bonchev–Trinajstić information content (AvgIpc) is 3.46. The molecule has 0 spiro atoms. The van der Waals surface area contributed by atoms with Gasteiger partial charge in [0.25, 0.3) is 11.5 Å². The van der Waals surface area contributed by atoms with Gasteiger partial charge in [-0.2, -0.15) is 0 Å². The largest absolute Gasteiger partial charge is 0.444 e. The highest BCUT2D eigenvalue weighted by Gasteiger charge is 2.36. The van der Waals surface area contributed by atoms with Gasteiger partial charge in [-0.05, 0) is 109 Å². The number of amides is 4. The normalized spacial score (nSPS) is 16.7. The lowest BCUT2D eigenvalue weighted by atomic mass is 9.81. The van der Waals surface area contributed by atoms with Crippen molar-refractivity contribution >= 4 is 40.4 Å². The minimum atomic E-state index is -1.02. The first-order chi connectivity index (χ1) is 24.6. The molecular formula is C39H49N7O6. The van der Waals surface area contributed by atoms with Gasteiger partial charge >= 0.3 is 6.09 Å². The highest BCUT2D eigenvalue weighted by Crippen LogP contribution is 2.33. The lowest BCUT2D eigenvalue weighted by Crippen LogP contribution is -2.52. The number of H-pyrrole nitrogens is 2. The number of hydrogen-bond acceptors (Lipinski definition) is 7. The van der Waals surface area contributed by atoms with E-state index in [0.717, 1.165) is 16.7 Å². The molecule has 13 nitrogen and oxygen atoms in total. The van der Waals surface area contributed by atoms with Crippen LogP contribution >= 0.6 is 0 Å². The third kappa shape index (κ3) is 9.25. The number of rotatable bonds is 11. The Hall–Kier alpha value is -5.46. The molecule has 0 aliphatic heterocycles. The molecule has 0 unspecified atom stereocenters. The Bertz CT molecular complexity index is 1980. The number of aryl methyl sites for hydroxylation is 1. The van der Waals surface area contributed by atoms with E-state index in [1.165, 1.54) is 4.90 Å². The Balaban J connectivity index is 1.36. The number of primary amides is 1. The molecule has 2 aromatic heterocycles. The molecule has 1 aliphatic carbocycles. The van der Waals surface area contributed by atoms with Crippen LogP contribution < -0.4 is 26.8 Å². The van der Waals surface area contributed by atoms with Crippen molar-refractivity contribution < 1.29 is 23.9 Å². The molecule has 4 amide bonds. The summed E-state index contributed by atoms with van der Waals surface area (Å²) in [6.07, 6.45) is 2.26. The van der Waals surface area contributed by atoms with Crippen molar-refractivity contribution in [3.8, 4) is 11.1 Å². The van der Waals surface area contributed by atoms with E-state index in [1.807, 2.05) is 71.9 Å². The van der Waals surface area contributed by atoms with E-state index in [9.17, 15) is 24.0 Å². The van der Waals surface area contributed by atoms with Gasteiger partial charge in [-0.15, -0.1) is 0 Å². The first kappa shape index (κ1) is 37.8. The molecule has 1 fully saturated rings. The van der Waals surface area contributed by atoms with Crippen molar-refractivity contribution in [1.29, 1.82) is 0 Å². The van der Waals surface area contributed by atoms with Crippen LogP contribution in [0.1, 0.15) is 82.0 Å². The van der Waals surface area contributed by atoms with E-state index in [-0.39, 0.29) is 41.7 Å². The lowest BCUT2D eigenvalue weighted by molar-refractivity contribution is -0.127. The number of carbonyl (C=O) groups is 4. The average molecular weight is 712 g/mol. The zero-order valence-electron chi connectivity index (χ0n) is 30.7. The first-order valence-electron chi connectivity index (χ1n) is 17.8. The highest BCUT2D eigenvalue weighted by molar-refractivity contribution is 6.03. The SMILES string of the molecule is Cc1nc(C(=O)NC(C)C)ccc1-c1ccc(C[C@@H](C(N)=O)N(C(=O)C2CCC(CNC(=O)OC(C)(C)C)CC2)c2ccc3c(=O)[nH][nH]c3c2)cc1. The molecule has 0 saturated heterocycles. The number of aromatic nitrogens is 3. The van der Waals surface area contributed by atoms with Crippen LogP contribution in [0.2, 0.25) is 0 Å². The Morgan fingerprint density at radius 3 is 2.29 bits per heavy atom. The van der Waals surface area contributed by atoms with Gasteiger partial charge < -0.3 is 21.1 Å². The Labute approximate surface area is 303 Å². The quantitative estimate of drug-likeness (QED) is 0.142. The number of carbonyl (C=O) groups excluding carboxylic acids is 4. The van der Waals surface area contributed by atoms with Crippen molar-refractivity contribution in [2.75, 3.05) is 11.4 Å². The molecule has 1 atom stereocenters. The third-order valence-electron chi connectivity index (χ3n) is 9.28. The molecule has 5 rings (SSSR count). The van der Waals surface area contributed by atoms with E-state index in [2.05, 4.69) is 25.8 Å². The van der Waals surface area contributed by atoms with Gasteiger partial charge in [-0.25, -0.2) is 9.78 Å². The predicted molar refractivity (Wildman–Crippen MR) is 200 cm³/mol. The summed E-state index contributed by atoms with van der Waals surface area (Å²) in [4.78, 5) is 70.6. The Kier molecular flexibility index (Phi) is 11.5. The molecule has 2 heterocycles. The van der Waals surface area contributed by atoms with Crippen LogP contribution in [-0.2, 0) is 20.7 Å². The molecule has 2 aromatic carbocycles. The number of nitrogens with one attached hydrogen (secondary N) is 4. The number of fused-ring (bicyclic) bond motifs is 1. The summed E-state index contributed by atoms with van der Waals surface area (Å²) < 4.78 is 5.36. The number of anilines is 1. The molecule has 6 N–H and O–H groups in total. The van der Waals surface area contributed by atoms with Crippen LogP contribution in [0.3, 0.4) is 0 Å². The summed E-state index contributed by atoms with van der Waals surface area (Å²) in [6, 6.07) is 15.1. The van der Waals surface area contributed by atoms with Crippen LogP contribution in [0.25, 0.3) is 22.0 Å². The Morgan fingerprint density at radius 2 is 1.67 bits per heavy atom. The molecular weight excluding hydrogens is 662 g/mol. The highest BCUT2D eigenvalue weighted by atomic mass is 16.6. The van der Waals surface area contributed by atoms with Gasteiger partial charge in [-0.1, -0.05) is 30.3 Å². The molecule has 52 heavy (non-hydrogen) atoms. The van der Waals surface area contributed by atoms with Crippen LogP contribution in [0.5, 0.6) is 0 Å².